The summed E-state index contributed by atoms with van der Waals surface area (Å²) in [6.07, 6.45) is 16.5. The maximum atomic E-state index is 11.4. The van der Waals surface area contributed by atoms with Gasteiger partial charge in [0.25, 0.3) is 0 Å². The third-order valence-corrected chi connectivity index (χ3v) is 15.5. The normalized spacial score (nSPS) is 43.7. The van der Waals surface area contributed by atoms with Crippen molar-refractivity contribution >= 4 is 11.5 Å². The third kappa shape index (κ3) is 4.77. The maximum Gasteiger partial charge on any atom is 0.335 e. The second kappa shape index (κ2) is 11.5. The van der Waals surface area contributed by atoms with Crippen LogP contribution in [-0.2, 0) is 0 Å². The zero-order valence-corrected chi connectivity index (χ0v) is 28.1. The highest BCUT2D eigenvalue weighted by molar-refractivity contribution is 5.88. The number of fused-ring (bicyclic) bond motifs is 7. The largest absolute Gasteiger partial charge is 0.478 e. The number of hydrogen-bond donors (Lipinski definition) is 3. The SMILES string of the molecule is CC1C(c2ccc(C(=O)O)cc2)=CCC2(C)C1CCC1(C)C2CCC2C3CCCC3(CNCCN3CCNCC3)CC[C@]21C. The van der Waals surface area contributed by atoms with E-state index in [-0.39, 0.29) is 0 Å². The molecular formula is C39H59N3O2. The number of nitrogens with one attached hydrogen (secondary N) is 2. The van der Waals surface area contributed by atoms with Crippen LogP contribution in [0.3, 0.4) is 0 Å². The summed E-state index contributed by atoms with van der Waals surface area (Å²) in [5, 5.41) is 16.9. The number of carboxylic acid groups (broad SMARTS) is 1. The van der Waals surface area contributed by atoms with Crippen molar-refractivity contribution < 1.29 is 9.90 Å². The molecule has 44 heavy (non-hydrogen) atoms. The minimum absolute atomic E-state index is 0.348. The van der Waals surface area contributed by atoms with Gasteiger partial charge >= 0.3 is 5.97 Å². The Morgan fingerprint density at radius 2 is 1.70 bits per heavy atom. The minimum atomic E-state index is -0.842. The Balaban J connectivity index is 1.08. The van der Waals surface area contributed by atoms with Crippen molar-refractivity contribution in [1.29, 1.82) is 0 Å². The highest BCUT2D eigenvalue weighted by Crippen LogP contribution is 2.76. The van der Waals surface area contributed by atoms with Crippen molar-refractivity contribution in [2.75, 3.05) is 45.8 Å². The van der Waals surface area contributed by atoms with Gasteiger partial charge in [-0.3, -0.25) is 4.90 Å². The molecule has 1 heterocycles. The first-order valence-corrected chi connectivity index (χ1v) is 18.3. The highest BCUT2D eigenvalue weighted by Gasteiger charge is 2.68. The predicted molar refractivity (Wildman–Crippen MR) is 180 cm³/mol. The summed E-state index contributed by atoms with van der Waals surface area (Å²) >= 11 is 0. The Labute approximate surface area is 267 Å². The summed E-state index contributed by atoms with van der Waals surface area (Å²) in [5.74, 6) is 2.95. The molecule has 5 nitrogen and oxygen atoms in total. The molecule has 7 rings (SSSR count). The summed E-state index contributed by atoms with van der Waals surface area (Å²) in [6, 6.07) is 7.66. The molecule has 9 atom stereocenters. The van der Waals surface area contributed by atoms with Gasteiger partial charge in [-0.2, -0.15) is 0 Å². The van der Waals surface area contributed by atoms with Crippen LogP contribution in [0.5, 0.6) is 0 Å². The van der Waals surface area contributed by atoms with Crippen LogP contribution in [0.15, 0.2) is 30.3 Å². The van der Waals surface area contributed by atoms with E-state index in [4.69, 9.17) is 0 Å². The number of aromatic carboxylic acids is 1. The molecule has 0 bridgehead atoms. The fourth-order valence-electron chi connectivity index (χ4n) is 12.9. The molecule has 242 valence electrons. The van der Waals surface area contributed by atoms with Gasteiger partial charge in [-0.15, -0.1) is 0 Å². The van der Waals surface area contributed by atoms with E-state index < -0.39 is 5.97 Å². The summed E-state index contributed by atoms with van der Waals surface area (Å²) < 4.78 is 0. The Bertz CT molecular complexity index is 1250. The molecule has 1 aliphatic heterocycles. The van der Waals surface area contributed by atoms with E-state index in [9.17, 15) is 9.90 Å². The number of carboxylic acids is 1. The quantitative estimate of drug-likeness (QED) is 0.286. The van der Waals surface area contributed by atoms with Crippen LogP contribution >= 0.6 is 0 Å². The number of benzene rings is 1. The molecule has 5 aliphatic carbocycles. The molecule has 0 amide bonds. The molecule has 5 fully saturated rings. The predicted octanol–water partition coefficient (Wildman–Crippen LogP) is 7.34. The lowest BCUT2D eigenvalue weighted by atomic mass is 9.33. The lowest BCUT2D eigenvalue weighted by molar-refractivity contribution is -0.217. The molecule has 1 aromatic rings. The molecule has 4 saturated carbocycles. The minimum Gasteiger partial charge on any atom is -0.478 e. The monoisotopic (exact) mass is 601 g/mol. The fraction of sp³-hybridized carbons (Fsp3) is 0.769. The van der Waals surface area contributed by atoms with Crippen LogP contribution in [0.2, 0.25) is 0 Å². The number of piperazine rings is 1. The Kier molecular flexibility index (Phi) is 8.10. The first-order valence-electron chi connectivity index (χ1n) is 18.3. The molecule has 8 unspecified atom stereocenters. The van der Waals surface area contributed by atoms with Crippen LogP contribution < -0.4 is 10.6 Å². The van der Waals surface area contributed by atoms with Gasteiger partial charge in [0.1, 0.15) is 0 Å². The standard InChI is InChI=1S/C39H59N3O2/c1-27-30(28-7-9-29(10-8-28)35(43)44)13-16-36(2)31(27)14-17-38(4)34(36)12-11-32-33-6-5-15-39(33,19-18-37(32,38)3)26-41-22-25-42-23-20-40-21-24-42/h7-10,13,27,31-34,40-41H,5-6,11-12,14-26H2,1-4H3,(H,43,44)/t27?,31?,32?,33?,34?,36?,37-,38?,39?/m1/s1. The van der Waals surface area contributed by atoms with Gasteiger partial charge in [0.05, 0.1) is 5.56 Å². The van der Waals surface area contributed by atoms with E-state index in [1.165, 1.54) is 102 Å². The number of allylic oxidation sites excluding steroid dienone is 2. The first kappa shape index (κ1) is 30.9. The van der Waals surface area contributed by atoms with E-state index in [0.29, 0.717) is 39.1 Å². The smallest absolute Gasteiger partial charge is 0.335 e. The van der Waals surface area contributed by atoms with Crippen molar-refractivity contribution in [2.45, 2.75) is 91.9 Å². The molecule has 5 heteroatoms. The molecule has 0 radical (unpaired) electrons. The molecule has 1 saturated heterocycles. The second-order valence-corrected chi connectivity index (χ2v) is 16.9. The summed E-state index contributed by atoms with van der Waals surface area (Å²) in [7, 11) is 0. The number of rotatable bonds is 7. The third-order valence-electron chi connectivity index (χ3n) is 15.5. The molecular weight excluding hydrogens is 542 g/mol. The zero-order valence-electron chi connectivity index (χ0n) is 28.1. The fourth-order valence-corrected chi connectivity index (χ4v) is 12.9. The lowest BCUT2D eigenvalue weighted by Gasteiger charge is -2.71. The summed E-state index contributed by atoms with van der Waals surface area (Å²) in [4.78, 5) is 14.1. The topological polar surface area (TPSA) is 64.6 Å². The molecule has 0 spiro atoms. The van der Waals surface area contributed by atoms with Gasteiger partial charge in [-0.25, -0.2) is 4.79 Å². The Morgan fingerprint density at radius 1 is 0.932 bits per heavy atom. The number of carbonyl (C=O) groups is 1. The van der Waals surface area contributed by atoms with Crippen LogP contribution in [0, 0.1) is 51.2 Å². The highest BCUT2D eigenvalue weighted by atomic mass is 16.4. The van der Waals surface area contributed by atoms with E-state index in [1.807, 2.05) is 12.1 Å². The Morgan fingerprint density at radius 3 is 2.45 bits per heavy atom. The lowest BCUT2D eigenvalue weighted by Crippen LogP contribution is -2.64. The van der Waals surface area contributed by atoms with Crippen LogP contribution in [0.1, 0.15) is 108 Å². The molecule has 3 N–H and O–H groups in total. The molecule has 1 aromatic carbocycles. The zero-order chi connectivity index (χ0) is 30.7. The van der Waals surface area contributed by atoms with Gasteiger partial charge in [-0.1, -0.05) is 52.3 Å². The van der Waals surface area contributed by atoms with Gasteiger partial charge in [0.2, 0.25) is 0 Å². The van der Waals surface area contributed by atoms with Crippen molar-refractivity contribution in [3.8, 4) is 0 Å². The van der Waals surface area contributed by atoms with Crippen molar-refractivity contribution in [3.63, 3.8) is 0 Å². The van der Waals surface area contributed by atoms with Gasteiger partial charge in [0, 0.05) is 45.8 Å². The van der Waals surface area contributed by atoms with E-state index >= 15 is 0 Å². The van der Waals surface area contributed by atoms with E-state index in [0.717, 1.165) is 37.4 Å². The van der Waals surface area contributed by atoms with Crippen molar-refractivity contribution in [1.82, 2.24) is 15.5 Å². The average molecular weight is 602 g/mol. The van der Waals surface area contributed by atoms with Crippen molar-refractivity contribution in [3.05, 3.63) is 41.5 Å². The van der Waals surface area contributed by atoms with Crippen molar-refractivity contribution in [2.24, 2.45) is 51.2 Å². The molecule has 6 aliphatic rings. The maximum absolute atomic E-state index is 11.4. The number of nitrogens with zero attached hydrogens (tertiary/aromatic N) is 1. The van der Waals surface area contributed by atoms with Crippen LogP contribution in [0.25, 0.3) is 5.57 Å². The Hall–Kier alpha value is -1.69. The van der Waals surface area contributed by atoms with Gasteiger partial charge in [-0.05, 0) is 132 Å². The number of hydrogen-bond acceptors (Lipinski definition) is 4. The average Bonchev–Trinajstić information content (AvgIpc) is 3.45. The molecule has 0 aromatic heterocycles. The van der Waals surface area contributed by atoms with E-state index in [2.05, 4.69) is 49.3 Å². The van der Waals surface area contributed by atoms with Gasteiger partial charge in [0.15, 0.2) is 0 Å². The second-order valence-electron chi connectivity index (χ2n) is 16.9. The van der Waals surface area contributed by atoms with Crippen LogP contribution in [-0.4, -0.2) is 61.8 Å². The first-order chi connectivity index (χ1) is 21.1. The van der Waals surface area contributed by atoms with E-state index in [1.54, 1.807) is 12.1 Å². The summed E-state index contributed by atoms with van der Waals surface area (Å²) in [5.41, 5.74) is 4.80. The van der Waals surface area contributed by atoms with Gasteiger partial charge < -0.3 is 15.7 Å². The summed E-state index contributed by atoms with van der Waals surface area (Å²) in [6.45, 7) is 18.9. The van der Waals surface area contributed by atoms with Crippen LogP contribution in [0.4, 0.5) is 0 Å².